The Bertz CT molecular complexity index is 827. The molecule has 22 heavy (non-hydrogen) atoms. The molecule has 0 aliphatic carbocycles. The van der Waals surface area contributed by atoms with E-state index in [0.29, 0.717) is 16.9 Å². The van der Waals surface area contributed by atoms with Crippen molar-refractivity contribution >= 4 is 17.2 Å². The molecule has 3 N–H and O–H groups in total. The van der Waals surface area contributed by atoms with Crippen LogP contribution in [0.1, 0.15) is 0 Å². The molecule has 1 aromatic heterocycles. The lowest BCUT2D eigenvalue weighted by Gasteiger charge is -2.00. The van der Waals surface area contributed by atoms with Crippen LogP contribution in [0.3, 0.4) is 0 Å². The number of hydrogen-bond donors (Lipinski definition) is 2. The van der Waals surface area contributed by atoms with Crippen molar-refractivity contribution in [3.05, 3.63) is 60.2 Å². The van der Waals surface area contributed by atoms with E-state index in [1.54, 1.807) is 12.1 Å². The minimum absolute atomic E-state index is 0.124. The molecule has 0 saturated carbocycles. The normalized spacial score (nSPS) is 11.2. The third-order valence-corrected chi connectivity index (χ3v) is 3.00. The lowest BCUT2D eigenvalue weighted by atomic mass is 10.1. The number of benzene rings is 2. The van der Waals surface area contributed by atoms with Crippen molar-refractivity contribution < 1.29 is 8.78 Å². The number of aromatic amines is 1. The fraction of sp³-hybridized carbons (Fsp3) is 0. The minimum atomic E-state index is -0.961. The third kappa shape index (κ3) is 2.69. The molecule has 5 nitrogen and oxygen atoms in total. The van der Waals surface area contributed by atoms with Crippen LogP contribution in [0, 0.1) is 11.6 Å². The van der Waals surface area contributed by atoms with E-state index < -0.39 is 11.6 Å². The molecule has 0 radical (unpaired) electrons. The number of halogens is 2. The van der Waals surface area contributed by atoms with Crippen molar-refractivity contribution in [3.8, 4) is 11.3 Å². The number of hydrogen-bond acceptors (Lipinski definition) is 4. The van der Waals surface area contributed by atoms with Crippen molar-refractivity contribution in [2.45, 2.75) is 0 Å². The van der Waals surface area contributed by atoms with Crippen LogP contribution in [0.25, 0.3) is 11.3 Å². The second-order valence-electron chi connectivity index (χ2n) is 4.50. The van der Waals surface area contributed by atoms with Gasteiger partial charge in [-0.2, -0.15) is 10.2 Å². The van der Waals surface area contributed by atoms with E-state index in [1.165, 1.54) is 6.07 Å². The summed E-state index contributed by atoms with van der Waals surface area (Å²) in [6.07, 6.45) is 0. The SMILES string of the molecule is Nc1n[nH]c(-c2ccc(F)c(F)c2)c1N=Nc1ccccc1. The maximum absolute atomic E-state index is 13.4. The van der Waals surface area contributed by atoms with Crippen LogP contribution in [-0.4, -0.2) is 10.2 Å². The molecule has 0 fully saturated rings. The molecule has 3 aromatic rings. The third-order valence-electron chi connectivity index (χ3n) is 3.00. The number of H-pyrrole nitrogens is 1. The standard InChI is InChI=1S/C15H11F2N5/c16-11-7-6-9(8-12(11)17)13-14(15(18)22-20-13)21-19-10-4-2-1-3-5-10/h1-8H,(H3,18,20,22). The minimum Gasteiger partial charge on any atom is -0.380 e. The van der Waals surface area contributed by atoms with E-state index in [0.717, 1.165) is 12.1 Å². The molecule has 0 unspecified atom stereocenters. The second-order valence-corrected chi connectivity index (χ2v) is 4.50. The number of anilines is 1. The van der Waals surface area contributed by atoms with Gasteiger partial charge < -0.3 is 5.73 Å². The van der Waals surface area contributed by atoms with Gasteiger partial charge in [-0.05, 0) is 30.3 Å². The van der Waals surface area contributed by atoms with Crippen molar-refractivity contribution in [2.75, 3.05) is 5.73 Å². The summed E-state index contributed by atoms with van der Waals surface area (Å²) in [6, 6.07) is 12.5. The molecule has 0 amide bonds. The Labute approximate surface area is 124 Å². The van der Waals surface area contributed by atoms with Gasteiger partial charge in [0.05, 0.1) is 11.4 Å². The molecular formula is C15H11F2N5. The number of azo groups is 1. The molecule has 2 aromatic carbocycles. The second kappa shape index (κ2) is 5.72. The first-order valence-corrected chi connectivity index (χ1v) is 6.41. The molecule has 7 heteroatoms. The Morgan fingerprint density at radius 3 is 2.45 bits per heavy atom. The monoisotopic (exact) mass is 299 g/mol. The van der Waals surface area contributed by atoms with Crippen LogP contribution in [0.2, 0.25) is 0 Å². The number of rotatable bonds is 3. The molecule has 0 aliphatic heterocycles. The highest BCUT2D eigenvalue weighted by Crippen LogP contribution is 2.34. The first-order chi connectivity index (χ1) is 10.6. The predicted molar refractivity (Wildman–Crippen MR) is 79.0 cm³/mol. The summed E-state index contributed by atoms with van der Waals surface area (Å²) in [5, 5.41) is 14.6. The van der Waals surface area contributed by atoms with Gasteiger partial charge in [-0.15, -0.1) is 5.11 Å². The fourth-order valence-corrected chi connectivity index (χ4v) is 1.91. The van der Waals surface area contributed by atoms with Crippen molar-refractivity contribution in [2.24, 2.45) is 10.2 Å². The molecule has 3 rings (SSSR count). The van der Waals surface area contributed by atoms with Gasteiger partial charge in [0.25, 0.3) is 0 Å². The summed E-state index contributed by atoms with van der Waals surface area (Å²) in [5.74, 6) is -1.76. The summed E-state index contributed by atoms with van der Waals surface area (Å²) in [6.45, 7) is 0. The number of nitrogens with one attached hydrogen (secondary N) is 1. The number of aromatic nitrogens is 2. The summed E-state index contributed by atoms with van der Waals surface area (Å²) < 4.78 is 26.4. The largest absolute Gasteiger partial charge is 0.380 e. The lowest BCUT2D eigenvalue weighted by molar-refractivity contribution is 0.509. The average molecular weight is 299 g/mol. The summed E-state index contributed by atoms with van der Waals surface area (Å²) in [7, 11) is 0. The van der Waals surface area contributed by atoms with Gasteiger partial charge in [0.1, 0.15) is 0 Å². The van der Waals surface area contributed by atoms with Gasteiger partial charge >= 0.3 is 0 Å². The van der Waals surface area contributed by atoms with Gasteiger partial charge in [0, 0.05) is 5.56 Å². The maximum Gasteiger partial charge on any atom is 0.173 e. The molecule has 0 bridgehead atoms. The highest BCUT2D eigenvalue weighted by molar-refractivity contribution is 5.79. The van der Waals surface area contributed by atoms with Crippen molar-refractivity contribution in [1.82, 2.24) is 10.2 Å². The van der Waals surface area contributed by atoms with Crippen LogP contribution in [0.15, 0.2) is 58.8 Å². The number of nitrogens with two attached hydrogens (primary N) is 1. The Balaban J connectivity index is 2.00. The first-order valence-electron chi connectivity index (χ1n) is 6.41. The van der Waals surface area contributed by atoms with Crippen molar-refractivity contribution in [3.63, 3.8) is 0 Å². The molecule has 0 aliphatic rings. The van der Waals surface area contributed by atoms with E-state index in [9.17, 15) is 8.78 Å². The van der Waals surface area contributed by atoms with Crippen LogP contribution >= 0.6 is 0 Å². The first kappa shape index (κ1) is 13.9. The Kier molecular flexibility index (Phi) is 3.61. The van der Waals surface area contributed by atoms with Crippen LogP contribution < -0.4 is 5.73 Å². The zero-order valence-corrected chi connectivity index (χ0v) is 11.3. The zero-order chi connectivity index (χ0) is 15.5. The summed E-state index contributed by atoms with van der Waals surface area (Å²) in [4.78, 5) is 0. The van der Waals surface area contributed by atoms with Gasteiger partial charge in [-0.1, -0.05) is 18.2 Å². The van der Waals surface area contributed by atoms with Crippen LogP contribution in [0.4, 0.5) is 26.0 Å². The van der Waals surface area contributed by atoms with E-state index in [4.69, 9.17) is 5.73 Å². The smallest absolute Gasteiger partial charge is 0.173 e. The van der Waals surface area contributed by atoms with Gasteiger partial charge in [-0.3, -0.25) is 5.10 Å². The molecule has 0 spiro atoms. The van der Waals surface area contributed by atoms with E-state index in [1.807, 2.05) is 18.2 Å². The lowest BCUT2D eigenvalue weighted by Crippen LogP contribution is -1.86. The number of nitrogen functional groups attached to an aromatic ring is 1. The topological polar surface area (TPSA) is 79.4 Å². The van der Waals surface area contributed by atoms with Crippen LogP contribution in [-0.2, 0) is 0 Å². The van der Waals surface area contributed by atoms with Crippen molar-refractivity contribution in [1.29, 1.82) is 0 Å². The molecule has 0 atom stereocenters. The van der Waals surface area contributed by atoms with E-state index >= 15 is 0 Å². The van der Waals surface area contributed by atoms with Gasteiger partial charge in [-0.25, -0.2) is 8.78 Å². The number of nitrogens with zero attached hydrogens (tertiary/aromatic N) is 3. The molecule has 110 valence electrons. The Morgan fingerprint density at radius 2 is 1.73 bits per heavy atom. The Morgan fingerprint density at radius 1 is 0.955 bits per heavy atom. The summed E-state index contributed by atoms with van der Waals surface area (Å²) >= 11 is 0. The quantitative estimate of drug-likeness (QED) is 0.705. The highest BCUT2D eigenvalue weighted by Gasteiger charge is 2.14. The molecule has 0 saturated heterocycles. The highest BCUT2D eigenvalue weighted by atomic mass is 19.2. The maximum atomic E-state index is 13.4. The fourth-order valence-electron chi connectivity index (χ4n) is 1.91. The summed E-state index contributed by atoms with van der Waals surface area (Å²) in [5.41, 5.74) is 7.41. The Hall–Kier alpha value is -3.09. The van der Waals surface area contributed by atoms with Crippen LogP contribution in [0.5, 0.6) is 0 Å². The van der Waals surface area contributed by atoms with E-state index in [-0.39, 0.29) is 11.5 Å². The molecular weight excluding hydrogens is 288 g/mol. The van der Waals surface area contributed by atoms with Gasteiger partial charge in [0.2, 0.25) is 0 Å². The average Bonchev–Trinajstić information content (AvgIpc) is 2.90. The molecule has 1 heterocycles. The predicted octanol–water partition coefficient (Wildman–Crippen LogP) is 4.35. The van der Waals surface area contributed by atoms with Gasteiger partial charge in [0.15, 0.2) is 23.1 Å². The zero-order valence-electron chi connectivity index (χ0n) is 11.3. The van der Waals surface area contributed by atoms with E-state index in [2.05, 4.69) is 20.4 Å².